The largest absolute Gasteiger partial charge is 0.379 e. The predicted molar refractivity (Wildman–Crippen MR) is 78.9 cm³/mol. The Morgan fingerprint density at radius 1 is 1.24 bits per heavy atom. The van der Waals surface area contributed by atoms with E-state index < -0.39 is 15.8 Å². The van der Waals surface area contributed by atoms with Gasteiger partial charge < -0.3 is 4.74 Å². The van der Waals surface area contributed by atoms with E-state index in [-0.39, 0.29) is 11.3 Å². The van der Waals surface area contributed by atoms with Gasteiger partial charge in [-0.15, -0.1) is 0 Å². The highest BCUT2D eigenvalue weighted by Gasteiger charge is 2.14. The summed E-state index contributed by atoms with van der Waals surface area (Å²) in [6.07, 6.45) is 0.733. The summed E-state index contributed by atoms with van der Waals surface area (Å²) in [6, 6.07) is 5.93. The fourth-order valence-electron chi connectivity index (χ4n) is 2.23. The number of sulfonamides is 1. The maximum Gasteiger partial charge on any atom is 0.215 e. The number of rotatable bonds is 7. The van der Waals surface area contributed by atoms with Gasteiger partial charge in [-0.05, 0) is 19.0 Å². The lowest BCUT2D eigenvalue weighted by atomic mass is 10.2. The van der Waals surface area contributed by atoms with Gasteiger partial charge in [0.05, 0.1) is 19.0 Å². The molecule has 0 aliphatic carbocycles. The number of nitrogens with zero attached hydrogens (tertiary/aromatic N) is 1. The number of halogens is 1. The Bertz CT molecular complexity index is 545. The summed E-state index contributed by atoms with van der Waals surface area (Å²) in [5.41, 5.74) is 0.193. The summed E-state index contributed by atoms with van der Waals surface area (Å²) >= 11 is 0. The van der Waals surface area contributed by atoms with Gasteiger partial charge >= 0.3 is 0 Å². The fourth-order valence-corrected chi connectivity index (χ4v) is 3.43. The SMILES string of the molecule is O=S(=O)(Cc1ccccc1F)NCCCN1CCOCC1. The molecular formula is C14H21FN2O3S. The third kappa shape index (κ3) is 5.70. The minimum Gasteiger partial charge on any atom is -0.379 e. The van der Waals surface area contributed by atoms with Gasteiger partial charge in [0.1, 0.15) is 5.82 Å². The Kier molecular flexibility index (Phi) is 6.10. The van der Waals surface area contributed by atoms with Crippen LogP contribution >= 0.6 is 0 Å². The summed E-state index contributed by atoms with van der Waals surface area (Å²) in [7, 11) is -3.49. The smallest absolute Gasteiger partial charge is 0.215 e. The van der Waals surface area contributed by atoms with Crippen molar-refractivity contribution in [1.82, 2.24) is 9.62 Å². The van der Waals surface area contributed by atoms with E-state index in [1.165, 1.54) is 12.1 Å². The number of benzene rings is 1. The van der Waals surface area contributed by atoms with Crippen molar-refractivity contribution in [3.05, 3.63) is 35.6 Å². The van der Waals surface area contributed by atoms with Crippen molar-refractivity contribution < 1.29 is 17.5 Å². The van der Waals surface area contributed by atoms with Crippen molar-refractivity contribution in [3.8, 4) is 0 Å². The molecule has 0 aromatic heterocycles. The first kappa shape index (κ1) is 16.4. The molecule has 1 aliphatic rings. The number of nitrogens with one attached hydrogen (secondary N) is 1. The molecule has 21 heavy (non-hydrogen) atoms. The van der Waals surface area contributed by atoms with E-state index in [2.05, 4.69) is 9.62 Å². The van der Waals surface area contributed by atoms with Gasteiger partial charge in [-0.3, -0.25) is 4.90 Å². The zero-order valence-corrected chi connectivity index (χ0v) is 12.7. The molecule has 1 heterocycles. The summed E-state index contributed by atoms with van der Waals surface area (Å²) in [4.78, 5) is 2.24. The first-order valence-electron chi connectivity index (χ1n) is 7.08. The monoisotopic (exact) mass is 316 g/mol. The minimum absolute atomic E-state index is 0.193. The highest BCUT2D eigenvalue weighted by molar-refractivity contribution is 7.88. The molecule has 0 bridgehead atoms. The van der Waals surface area contributed by atoms with Gasteiger partial charge in [0.25, 0.3) is 0 Å². The molecule has 0 amide bonds. The lowest BCUT2D eigenvalue weighted by Gasteiger charge is -2.26. The Hall–Kier alpha value is -1.02. The molecule has 0 spiro atoms. The second-order valence-electron chi connectivity index (χ2n) is 5.05. The molecule has 1 N–H and O–H groups in total. The van der Waals surface area contributed by atoms with Crippen LogP contribution in [0.5, 0.6) is 0 Å². The Balaban J connectivity index is 1.72. The van der Waals surface area contributed by atoms with E-state index in [1.807, 2.05) is 0 Å². The normalized spacial score (nSPS) is 17.0. The van der Waals surface area contributed by atoms with Crippen LogP contribution in [-0.4, -0.2) is 52.7 Å². The third-order valence-electron chi connectivity index (χ3n) is 3.38. The molecule has 1 saturated heterocycles. The van der Waals surface area contributed by atoms with E-state index >= 15 is 0 Å². The maximum atomic E-state index is 13.4. The van der Waals surface area contributed by atoms with Gasteiger partial charge in [-0.1, -0.05) is 18.2 Å². The van der Waals surface area contributed by atoms with Crippen LogP contribution in [0.4, 0.5) is 4.39 Å². The molecule has 0 saturated carbocycles. The van der Waals surface area contributed by atoms with Crippen molar-refractivity contribution in [2.45, 2.75) is 12.2 Å². The first-order valence-corrected chi connectivity index (χ1v) is 8.73. The molecule has 0 radical (unpaired) electrons. The number of hydrogen-bond donors (Lipinski definition) is 1. The zero-order chi connectivity index (χ0) is 15.1. The Morgan fingerprint density at radius 3 is 2.67 bits per heavy atom. The average Bonchev–Trinajstić information content (AvgIpc) is 2.47. The van der Waals surface area contributed by atoms with Crippen molar-refractivity contribution >= 4 is 10.0 Å². The molecule has 1 aliphatic heterocycles. The highest BCUT2D eigenvalue weighted by atomic mass is 32.2. The molecule has 2 rings (SSSR count). The summed E-state index contributed by atoms with van der Waals surface area (Å²) < 4.78 is 45.0. The lowest BCUT2D eigenvalue weighted by molar-refractivity contribution is 0.0376. The molecule has 1 aromatic rings. The first-order chi connectivity index (χ1) is 10.1. The molecule has 118 valence electrons. The average molecular weight is 316 g/mol. The second kappa shape index (κ2) is 7.84. The van der Waals surface area contributed by atoms with Crippen LogP contribution in [0, 0.1) is 5.82 Å². The standard InChI is InChI=1S/C14H21FN2O3S/c15-14-5-2-1-4-13(14)12-21(18,19)16-6-3-7-17-8-10-20-11-9-17/h1-2,4-5,16H,3,6-12H2. The van der Waals surface area contributed by atoms with Crippen molar-refractivity contribution in [2.24, 2.45) is 0 Å². The van der Waals surface area contributed by atoms with E-state index in [4.69, 9.17) is 4.74 Å². The van der Waals surface area contributed by atoms with Gasteiger partial charge in [0, 0.05) is 25.2 Å². The van der Waals surface area contributed by atoms with Crippen LogP contribution in [0.15, 0.2) is 24.3 Å². The lowest BCUT2D eigenvalue weighted by Crippen LogP contribution is -2.38. The molecule has 1 aromatic carbocycles. The van der Waals surface area contributed by atoms with Crippen LogP contribution in [0.2, 0.25) is 0 Å². The van der Waals surface area contributed by atoms with Crippen molar-refractivity contribution in [3.63, 3.8) is 0 Å². The van der Waals surface area contributed by atoms with E-state index in [9.17, 15) is 12.8 Å². The third-order valence-corrected chi connectivity index (χ3v) is 4.72. The summed E-state index contributed by atoms with van der Waals surface area (Å²) in [5.74, 6) is -0.812. The van der Waals surface area contributed by atoms with Crippen LogP contribution in [0.3, 0.4) is 0 Å². The van der Waals surface area contributed by atoms with Gasteiger partial charge in [-0.2, -0.15) is 0 Å². The molecule has 1 fully saturated rings. The van der Waals surface area contributed by atoms with Crippen molar-refractivity contribution in [2.75, 3.05) is 39.4 Å². The van der Waals surface area contributed by atoms with Crippen LogP contribution in [0.25, 0.3) is 0 Å². The van der Waals surface area contributed by atoms with Crippen LogP contribution in [-0.2, 0) is 20.5 Å². The van der Waals surface area contributed by atoms with Crippen LogP contribution in [0.1, 0.15) is 12.0 Å². The molecule has 0 atom stereocenters. The fraction of sp³-hybridized carbons (Fsp3) is 0.571. The zero-order valence-electron chi connectivity index (χ0n) is 11.9. The van der Waals surface area contributed by atoms with E-state index in [1.54, 1.807) is 12.1 Å². The van der Waals surface area contributed by atoms with Crippen molar-refractivity contribution in [1.29, 1.82) is 0 Å². The number of hydrogen-bond acceptors (Lipinski definition) is 4. The molecule has 7 heteroatoms. The van der Waals surface area contributed by atoms with Gasteiger partial charge in [-0.25, -0.2) is 17.5 Å². The minimum atomic E-state index is -3.49. The molecular weight excluding hydrogens is 295 g/mol. The molecule has 0 unspecified atom stereocenters. The van der Waals surface area contributed by atoms with Crippen LogP contribution < -0.4 is 4.72 Å². The molecule has 5 nitrogen and oxygen atoms in total. The second-order valence-corrected chi connectivity index (χ2v) is 6.86. The summed E-state index contributed by atoms with van der Waals surface area (Å²) in [5, 5.41) is 0. The van der Waals surface area contributed by atoms with Gasteiger partial charge in [0.2, 0.25) is 10.0 Å². The van der Waals surface area contributed by atoms with E-state index in [0.717, 1.165) is 39.3 Å². The number of morpholine rings is 1. The van der Waals surface area contributed by atoms with Gasteiger partial charge in [0.15, 0.2) is 0 Å². The van der Waals surface area contributed by atoms with E-state index in [0.29, 0.717) is 6.54 Å². The quantitative estimate of drug-likeness (QED) is 0.762. The summed E-state index contributed by atoms with van der Waals surface area (Å²) in [6.45, 7) is 4.46. The number of ether oxygens (including phenoxy) is 1. The Labute approximate surface area is 125 Å². The topological polar surface area (TPSA) is 58.6 Å². The Morgan fingerprint density at radius 2 is 1.95 bits per heavy atom. The highest BCUT2D eigenvalue weighted by Crippen LogP contribution is 2.09. The predicted octanol–water partition coefficient (Wildman–Crippen LogP) is 0.967. The maximum absolute atomic E-state index is 13.4.